The van der Waals surface area contributed by atoms with Crippen molar-refractivity contribution in [3.8, 4) is 6.07 Å². The van der Waals surface area contributed by atoms with E-state index in [9.17, 15) is 0 Å². The number of aliphatic hydroxyl groups is 1. The van der Waals surface area contributed by atoms with Gasteiger partial charge in [0, 0.05) is 23.9 Å². The third-order valence-electron chi connectivity index (χ3n) is 4.16. The Bertz CT molecular complexity index is 333. The summed E-state index contributed by atoms with van der Waals surface area (Å²) in [6, 6.07) is 2.20. The summed E-state index contributed by atoms with van der Waals surface area (Å²) in [6.45, 7) is 0.230. The number of rotatable bonds is 6. The molecule has 1 unspecified atom stereocenters. The molecule has 4 nitrogen and oxygen atoms in total. The van der Waals surface area contributed by atoms with Crippen molar-refractivity contribution in [2.75, 3.05) is 11.0 Å². The van der Waals surface area contributed by atoms with Crippen LogP contribution in [0.1, 0.15) is 44.9 Å². The van der Waals surface area contributed by atoms with Crippen LogP contribution in [0.5, 0.6) is 0 Å². The monoisotopic (exact) mass is 379 g/mol. The number of hydrogen-bond acceptors (Lipinski definition) is 4. The summed E-state index contributed by atoms with van der Waals surface area (Å²) in [7, 11) is 0. The first-order valence-corrected chi connectivity index (χ1v) is 8.63. The van der Waals surface area contributed by atoms with Crippen molar-refractivity contribution in [2.24, 2.45) is 0 Å². The van der Waals surface area contributed by atoms with E-state index in [0.717, 1.165) is 43.0 Å². The van der Waals surface area contributed by atoms with Gasteiger partial charge in [0.2, 0.25) is 0 Å². The molecule has 2 rings (SSSR count). The predicted octanol–water partition coefficient (Wildman–Crippen LogP) is 2.57. The first kappa shape index (κ1) is 15.5. The van der Waals surface area contributed by atoms with E-state index in [1.807, 2.05) is 0 Å². The fraction of sp³-hybridized carbons (Fsp3) is 0.929. The van der Waals surface area contributed by atoms with Gasteiger partial charge in [-0.1, -0.05) is 22.6 Å². The van der Waals surface area contributed by atoms with Crippen LogP contribution >= 0.6 is 22.6 Å². The molecule has 5 heteroatoms. The topological polar surface area (TPSA) is 62.5 Å². The summed E-state index contributed by atoms with van der Waals surface area (Å²) >= 11 is 2.39. The zero-order valence-corrected chi connectivity index (χ0v) is 13.3. The normalized spacial score (nSPS) is 37.8. The third-order valence-corrected chi connectivity index (χ3v) is 5.45. The molecule has 2 fully saturated rings. The van der Waals surface area contributed by atoms with Crippen molar-refractivity contribution in [1.82, 2.24) is 0 Å². The number of ether oxygens (including phenoxy) is 2. The van der Waals surface area contributed by atoms with Crippen LogP contribution in [0.3, 0.4) is 0 Å². The summed E-state index contributed by atoms with van der Waals surface area (Å²) < 4.78 is 13.4. The molecule has 0 aromatic heterocycles. The number of fused-ring (bicyclic) bond motifs is 1. The zero-order chi connectivity index (χ0) is 13.7. The van der Waals surface area contributed by atoms with Crippen LogP contribution in [0.4, 0.5) is 0 Å². The molecule has 2 aliphatic rings. The molecular formula is C14H22INO3. The second kappa shape index (κ2) is 7.21. The highest BCUT2D eigenvalue weighted by Gasteiger charge is 2.51. The number of hydrogen-bond donors (Lipinski definition) is 1. The highest BCUT2D eigenvalue weighted by atomic mass is 127. The van der Waals surface area contributed by atoms with Crippen molar-refractivity contribution in [1.29, 1.82) is 5.26 Å². The summed E-state index contributed by atoms with van der Waals surface area (Å²) in [6.07, 6.45) is 6.73. The minimum atomic E-state index is -0.154. The maximum absolute atomic E-state index is 8.93. The van der Waals surface area contributed by atoms with Crippen molar-refractivity contribution < 1.29 is 14.6 Å². The number of alkyl halides is 1. The molecule has 19 heavy (non-hydrogen) atoms. The lowest BCUT2D eigenvalue weighted by atomic mass is 9.87. The Morgan fingerprint density at radius 2 is 2.16 bits per heavy atom. The quantitative estimate of drug-likeness (QED) is 0.569. The Hall–Kier alpha value is 0.1000. The van der Waals surface area contributed by atoms with Gasteiger partial charge >= 0.3 is 0 Å². The number of nitrogens with zero attached hydrogens (tertiary/aromatic N) is 1. The lowest BCUT2D eigenvalue weighted by Gasteiger charge is -2.41. The second-order valence-corrected chi connectivity index (χ2v) is 6.29. The maximum atomic E-state index is 8.93. The van der Waals surface area contributed by atoms with Gasteiger partial charge in [-0.15, -0.1) is 0 Å². The SMILES string of the molecule is N#CCCC1CC[C@@H]2O[C@@H](CCCO)C[C@]2(CI)O1. The van der Waals surface area contributed by atoms with Crippen LogP contribution in [0, 0.1) is 11.3 Å². The van der Waals surface area contributed by atoms with Crippen molar-refractivity contribution in [3.05, 3.63) is 0 Å². The van der Waals surface area contributed by atoms with Gasteiger partial charge in [0.25, 0.3) is 0 Å². The van der Waals surface area contributed by atoms with Gasteiger partial charge < -0.3 is 14.6 Å². The Kier molecular flexibility index (Phi) is 5.87. The molecule has 2 heterocycles. The average Bonchev–Trinajstić information content (AvgIpc) is 2.81. The van der Waals surface area contributed by atoms with Crippen LogP contribution in [0.25, 0.3) is 0 Å². The van der Waals surface area contributed by atoms with Gasteiger partial charge in [-0.2, -0.15) is 5.26 Å². The fourth-order valence-electron chi connectivity index (χ4n) is 3.19. The summed E-state index contributed by atoms with van der Waals surface area (Å²) in [5.74, 6) is 0. The van der Waals surface area contributed by atoms with Crippen molar-refractivity contribution in [3.63, 3.8) is 0 Å². The van der Waals surface area contributed by atoms with E-state index in [1.54, 1.807) is 0 Å². The molecule has 2 saturated heterocycles. The summed E-state index contributed by atoms with van der Waals surface area (Å²) in [5.41, 5.74) is -0.154. The predicted molar refractivity (Wildman–Crippen MR) is 80.2 cm³/mol. The Balaban J connectivity index is 1.95. The van der Waals surface area contributed by atoms with Crippen LogP contribution in [-0.4, -0.2) is 40.1 Å². The summed E-state index contributed by atoms with van der Waals surface area (Å²) in [4.78, 5) is 0. The standard InChI is InChI=1S/C14H22INO3/c15-10-14-9-12(4-2-8-17)18-13(14)6-5-11(19-14)3-1-7-16/h11-13,17H,1-6,8-10H2/t11?,12-,13-,14+/m0/s1. The van der Waals surface area contributed by atoms with Crippen molar-refractivity contribution >= 4 is 22.6 Å². The minimum absolute atomic E-state index is 0.154. The molecule has 0 radical (unpaired) electrons. The highest BCUT2D eigenvalue weighted by Crippen LogP contribution is 2.44. The first-order chi connectivity index (χ1) is 9.24. The van der Waals surface area contributed by atoms with Crippen LogP contribution in [-0.2, 0) is 9.47 Å². The Labute approximate surface area is 128 Å². The molecule has 0 amide bonds. The molecule has 0 aromatic carbocycles. The molecule has 0 aromatic rings. The van der Waals surface area contributed by atoms with Gasteiger partial charge in [-0.3, -0.25) is 0 Å². The second-order valence-electron chi connectivity index (χ2n) is 5.53. The molecule has 0 bridgehead atoms. The molecule has 4 atom stereocenters. The largest absolute Gasteiger partial charge is 0.396 e. The maximum Gasteiger partial charge on any atom is 0.106 e. The first-order valence-electron chi connectivity index (χ1n) is 7.11. The smallest absolute Gasteiger partial charge is 0.106 e. The molecule has 108 valence electrons. The van der Waals surface area contributed by atoms with Crippen molar-refractivity contribution in [2.45, 2.75) is 68.9 Å². The Morgan fingerprint density at radius 1 is 1.32 bits per heavy atom. The van der Waals surface area contributed by atoms with E-state index in [0.29, 0.717) is 6.42 Å². The fourth-order valence-corrected chi connectivity index (χ4v) is 4.18. The van der Waals surface area contributed by atoms with Gasteiger partial charge in [0.1, 0.15) is 5.60 Å². The molecule has 2 aliphatic heterocycles. The van der Waals surface area contributed by atoms with Gasteiger partial charge in [-0.05, 0) is 32.1 Å². The molecule has 1 N–H and O–H groups in total. The number of nitriles is 1. The zero-order valence-electron chi connectivity index (χ0n) is 11.2. The van der Waals surface area contributed by atoms with Gasteiger partial charge in [0.15, 0.2) is 0 Å². The highest BCUT2D eigenvalue weighted by molar-refractivity contribution is 14.1. The van der Waals surface area contributed by atoms with Gasteiger partial charge in [-0.25, -0.2) is 0 Å². The van der Waals surface area contributed by atoms with Crippen LogP contribution < -0.4 is 0 Å². The van der Waals surface area contributed by atoms with Crippen LogP contribution in [0.2, 0.25) is 0 Å². The molecule has 0 aliphatic carbocycles. The lowest BCUT2D eigenvalue weighted by Crippen LogP contribution is -2.49. The number of aliphatic hydroxyl groups excluding tert-OH is 1. The van der Waals surface area contributed by atoms with E-state index < -0.39 is 0 Å². The molecule has 0 spiro atoms. The molecular weight excluding hydrogens is 357 g/mol. The number of halogens is 1. The third kappa shape index (κ3) is 3.60. The average molecular weight is 379 g/mol. The molecule has 0 saturated carbocycles. The summed E-state index contributed by atoms with van der Waals surface area (Å²) in [5, 5.41) is 17.6. The van der Waals surface area contributed by atoms with E-state index in [1.165, 1.54) is 0 Å². The van der Waals surface area contributed by atoms with Crippen LogP contribution in [0.15, 0.2) is 0 Å². The van der Waals surface area contributed by atoms with E-state index in [2.05, 4.69) is 28.7 Å². The Morgan fingerprint density at radius 3 is 2.84 bits per heavy atom. The van der Waals surface area contributed by atoms with E-state index in [4.69, 9.17) is 19.8 Å². The van der Waals surface area contributed by atoms with E-state index >= 15 is 0 Å². The minimum Gasteiger partial charge on any atom is -0.396 e. The van der Waals surface area contributed by atoms with E-state index in [-0.39, 0.29) is 30.5 Å². The lowest BCUT2D eigenvalue weighted by molar-refractivity contribution is -0.153. The van der Waals surface area contributed by atoms with Gasteiger partial charge in [0.05, 0.1) is 24.4 Å².